The molecule has 4 N–H and O–H groups in total. The van der Waals surface area contributed by atoms with E-state index in [1.54, 1.807) is 18.2 Å². The first-order valence-corrected chi connectivity index (χ1v) is 13.0. The number of alkyl halides is 3. The highest BCUT2D eigenvalue weighted by molar-refractivity contribution is 5.95. The van der Waals surface area contributed by atoms with Crippen LogP contribution in [0.2, 0.25) is 0 Å². The molecule has 1 aromatic heterocycles. The number of carbonyl (C=O) groups excluding carboxylic acids is 1. The third-order valence-electron chi connectivity index (χ3n) is 7.21. The van der Waals surface area contributed by atoms with Gasteiger partial charge in [-0.05, 0) is 70.0 Å². The Kier molecular flexibility index (Phi) is 8.79. The number of primary amides is 1. The van der Waals surface area contributed by atoms with Crippen LogP contribution in [0.1, 0.15) is 41.7 Å². The normalized spacial score (nSPS) is 17.4. The van der Waals surface area contributed by atoms with Gasteiger partial charge in [-0.25, -0.2) is 4.39 Å². The zero-order valence-corrected chi connectivity index (χ0v) is 22.7. The van der Waals surface area contributed by atoms with Gasteiger partial charge >= 0.3 is 6.18 Å². The summed E-state index contributed by atoms with van der Waals surface area (Å²) in [6, 6.07) is 9.97. The van der Waals surface area contributed by atoms with E-state index >= 15 is 0 Å². The van der Waals surface area contributed by atoms with Gasteiger partial charge in [-0.2, -0.15) is 13.2 Å². The molecule has 1 heterocycles. The van der Waals surface area contributed by atoms with Crippen LogP contribution in [0.3, 0.4) is 0 Å². The zero-order valence-electron chi connectivity index (χ0n) is 22.7. The van der Waals surface area contributed by atoms with Gasteiger partial charge in [0.2, 0.25) is 0 Å². The number of hydrogen-bond donors (Lipinski definition) is 3. The van der Waals surface area contributed by atoms with Crippen molar-refractivity contribution in [3.63, 3.8) is 0 Å². The van der Waals surface area contributed by atoms with Crippen LogP contribution < -0.4 is 21.1 Å². The maximum absolute atomic E-state index is 14.2. The van der Waals surface area contributed by atoms with Crippen molar-refractivity contribution < 1.29 is 27.1 Å². The van der Waals surface area contributed by atoms with E-state index in [1.165, 1.54) is 17.7 Å². The Morgan fingerprint density at radius 1 is 1.15 bits per heavy atom. The van der Waals surface area contributed by atoms with Gasteiger partial charge in [0.15, 0.2) is 0 Å². The number of carbonyl (C=O) groups is 1. The minimum atomic E-state index is -4.44. The van der Waals surface area contributed by atoms with E-state index < -0.39 is 24.4 Å². The van der Waals surface area contributed by atoms with Crippen LogP contribution in [0, 0.1) is 17.7 Å². The summed E-state index contributed by atoms with van der Waals surface area (Å²) in [5, 5.41) is 7.10. The number of anilines is 2. The third kappa shape index (κ3) is 6.80. The topological polar surface area (TPSA) is 84.5 Å². The van der Waals surface area contributed by atoms with Gasteiger partial charge in [0.25, 0.3) is 5.91 Å². The van der Waals surface area contributed by atoms with Gasteiger partial charge < -0.3 is 30.6 Å². The maximum atomic E-state index is 14.2. The molecule has 1 aliphatic rings. The predicted octanol–water partition coefficient (Wildman–Crippen LogP) is 5.20. The second-order valence-electron chi connectivity index (χ2n) is 10.1. The molecule has 1 fully saturated rings. The van der Waals surface area contributed by atoms with E-state index in [2.05, 4.69) is 41.5 Å². The van der Waals surface area contributed by atoms with Crippen molar-refractivity contribution in [2.24, 2.45) is 5.73 Å². The molecule has 40 heavy (non-hydrogen) atoms. The van der Waals surface area contributed by atoms with Gasteiger partial charge in [0, 0.05) is 29.2 Å². The minimum Gasteiger partial charge on any atom is -0.495 e. The zero-order chi connectivity index (χ0) is 29.0. The fraction of sp³-hybridized carbons (Fsp3) is 0.414. The van der Waals surface area contributed by atoms with Crippen molar-refractivity contribution in [1.29, 1.82) is 0 Å². The predicted molar refractivity (Wildman–Crippen MR) is 148 cm³/mol. The molecule has 2 aromatic carbocycles. The number of ether oxygens (including phenoxy) is 1. The average molecular weight is 560 g/mol. The van der Waals surface area contributed by atoms with E-state index in [1.807, 2.05) is 6.07 Å². The quantitative estimate of drug-likeness (QED) is 0.261. The lowest BCUT2D eigenvalue weighted by atomic mass is 9.90. The number of nitrogens with two attached hydrogens (primary N) is 1. The number of amides is 1. The fourth-order valence-corrected chi connectivity index (χ4v) is 5.14. The van der Waals surface area contributed by atoms with Crippen LogP contribution in [0.5, 0.6) is 5.75 Å². The first-order chi connectivity index (χ1) is 19.0. The van der Waals surface area contributed by atoms with Crippen LogP contribution in [0.4, 0.5) is 28.9 Å². The monoisotopic (exact) mass is 559 g/mol. The van der Waals surface area contributed by atoms with Gasteiger partial charge in [-0.3, -0.25) is 4.79 Å². The Labute approximate surface area is 230 Å². The Morgan fingerprint density at radius 2 is 1.88 bits per heavy atom. The smallest absolute Gasteiger partial charge is 0.406 e. The Morgan fingerprint density at radius 3 is 2.50 bits per heavy atom. The lowest BCUT2D eigenvalue weighted by molar-refractivity contribution is -0.140. The second kappa shape index (κ2) is 12.1. The SMILES string of the molecule is COc1cc(C(N)=O)c(F)cc1NCC#Cc1cc2c(NC3CCC(N(C)C)CC3)cccc2n1CC(F)(F)F. The number of fused-ring (bicyclic) bond motifs is 1. The highest BCUT2D eigenvalue weighted by Gasteiger charge is 2.30. The van der Waals surface area contributed by atoms with E-state index in [4.69, 9.17) is 10.5 Å². The molecule has 1 amide bonds. The van der Waals surface area contributed by atoms with Crippen LogP contribution >= 0.6 is 0 Å². The van der Waals surface area contributed by atoms with E-state index in [0.29, 0.717) is 16.9 Å². The lowest BCUT2D eigenvalue weighted by Gasteiger charge is -2.33. The molecule has 1 saturated carbocycles. The molecule has 4 rings (SSSR count). The molecule has 3 aromatic rings. The van der Waals surface area contributed by atoms with Crippen LogP contribution in [-0.2, 0) is 6.54 Å². The summed E-state index contributed by atoms with van der Waals surface area (Å²) >= 11 is 0. The highest BCUT2D eigenvalue weighted by Crippen LogP contribution is 2.33. The minimum absolute atomic E-state index is 0.0144. The van der Waals surface area contributed by atoms with Crippen LogP contribution in [-0.4, -0.2) is 61.4 Å². The Balaban J connectivity index is 1.58. The molecule has 0 aliphatic heterocycles. The molecule has 0 atom stereocenters. The number of rotatable bonds is 8. The molecule has 214 valence electrons. The van der Waals surface area contributed by atoms with Crippen molar-refractivity contribution in [2.45, 2.75) is 50.5 Å². The summed E-state index contributed by atoms with van der Waals surface area (Å²) in [5.41, 5.74) is 6.51. The molecule has 7 nitrogen and oxygen atoms in total. The van der Waals surface area contributed by atoms with Gasteiger partial charge in [-0.15, -0.1) is 0 Å². The highest BCUT2D eigenvalue weighted by atomic mass is 19.4. The summed E-state index contributed by atoms with van der Waals surface area (Å²) in [4.78, 5) is 13.6. The van der Waals surface area contributed by atoms with Crippen molar-refractivity contribution >= 4 is 28.2 Å². The van der Waals surface area contributed by atoms with Gasteiger partial charge in [-0.1, -0.05) is 12.0 Å². The molecule has 0 spiro atoms. The molecule has 11 heteroatoms. The standard InChI is InChI=1S/C29H33F4N5O2/c1-37(2)19-11-9-18(10-12-19)36-24-7-4-8-26-22(24)14-20(38(26)17-29(31,32)33)6-5-13-35-25-16-23(30)21(28(34)39)15-27(25)40-3/h4,7-8,14-16,18-19,35-36H,9-13,17H2,1-3H3,(H2,34,39). The number of halogens is 4. The largest absolute Gasteiger partial charge is 0.495 e. The fourth-order valence-electron chi connectivity index (χ4n) is 5.14. The number of methoxy groups -OCH3 is 1. The van der Waals surface area contributed by atoms with Gasteiger partial charge in [0.05, 0.1) is 36.1 Å². The van der Waals surface area contributed by atoms with Crippen molar-refractivity contribution in [1.82, 2.24) is 9.47 Å². The molecule has 0 bridgehead atoms. The van der Waals surface area contributed by atoms with E-state index in [9.17, 15) is 22.4 Å². The summed E-state index contributed by atoms with van der Waals surface area (Å²) < 4.78 is 61.2. The second-order valence-corrected chi connectivity index (χ2v) is 10.1. The van der Waals surface area contributed by atoms with E-state index in [-0.39, 0.29) is 35.3 Å². The molecule has 1 aliphatic carbocycles. The van der Waals surface area contributed by atoms with Crippen molar-refractivity contribution in [3.8, 4) is 17.6 Å². The van der Waals surface area contributed by atoms with Crippen LogP contribution in [0.25, 0.3) is 10.9 Å². The molecular formula is C29H33F4N5O2. The Bertz CT molecular complexity index is 1430. The summed E-state index contributed by atoms with van der Waals surface area (Å²) in [6.45, 7) is -1.20. The first kappa shape index (κ1) is 29.1. The summed E-state index contributed by atoms with van der Waals surface area (Å²) in [6.07, 6.45) is -0.378. The average Bonchev–Trinajstić information content (AvgIpc) is 3.23. The van der Waals surface area contributed by atoms with Crippen molar-refractivity contribution in [2.75, 3.05) is 38.4 Å². The number of hydrogen-bond acceptors (Lipinski definition) is 5. The number of benzene rings is 2. The Hall–Kier alpha value is -3.91. The van der Waals surface area contributed by atoms with E-state index in [0.717, 1.165) is 37.4 Å². The first-order valence-electron chi connectivity index (χ1n) is 13.0. The number of aromatic nitrogens is 1. The molecule has 0 radical (unpaired) electrons. The summed E-state index contributed by atoms with van der Waals surface area (Å²) in [7, 11) is 5.51. The van der Waals surface area contributed by atoms with Crippen LogP contribution in [0.15, 0.2) is 36.4 Å². The summed E-state index contributed by atoms with van der Waals surface area (Å²) in [5.74, 6) is 4.07. The maximum Gasteiger partial charge on any atom is 0.406 e. The number of nitrogens with zero attached hydrogens (tertiary/aromatic N) is 2. The number of nitrogens with one attached hydrogen (secondary N) is 2. The molecule has 0 saturated heterocycles. The molecular weight excluding hydrogens is 526 g/mol. The van der Waals surface area contributed by atoms with Gasteiger partial charge in [0.1, 0.15) is 18.1 Å². The third-order valence-corrected chi connectivity index (χ3v) is 7.21. The van der Waals surface area contributed by atoms with Crippen molar-refractivity contribution in [3.05, 3.63) is 53.5 Å². The molecule has 0 unspecified atom stereocenters. The lowest BCUT2D eigenvalue weighted by Crippen LogP contribution is -2.36.